The van der Waals surface area contributed by atoms with Crippen molar-refractivity contribution < 1.29 is 27.0 Å². The first-order valence-electron chi connectivity index (χ1n) is 11.4. The second-order valence-corrected chi connectivity index (χ2v) is 8.24. The molecule has 9 heteroatoms. The van der Waals surface area contributed by atoms with Crippen molar-refractivity contribution in [3.05, 3.63) is 59.0 Å². The highest BCUT2D eigenvalue weighted by Gasteiger charge is 2.37. The van der Waals surface area contributed by atoms with Crippen molar-refractivity contribution in [3.8, 4) is 11.5 Å². The van der Waals surface area contributed by atoms with Crippen LogP contribution in [0.4, 0.5) is 17.6 Å². The maximum Gasteiger partial charge on any atom is 0.251 e. The summed E-state index contributed by atoms with van der Waals surface area (Å²) < 4.78 is 66.3. The maximum atomic E-state index is 15.9. The molecule has 4 rings (SSSR count). The standard InChI is InChI=1S/C25H29F4N3O2/c1-33-19-7-8-20(34-14-12-30-11-4-10-26)23(29)22(19)25-24-17(9-13-32(25)15-21(27)28)16-5-2-3-6-18(16)31-24/h2-3,5-8,21,25,30-31H,4,9-15H2,1H3/t25-/m1/s1. The third kappa shape index (κ3) is 5.00. The normalized spacial score (nSPS) is 16.2. The molecule has 5 nitrogen and oxygen atoms in total. The Balaban J connectivity index is 1.72. The molecular weight excluding hydrogens is 450 g/mol. The van der Waals surface area contributed by atoms with Crippen LogP contribution in [0.1, 0.15) is 29.3 Å². The lowest BCUT2D eigenvalue weighted by molar-refractivity contribution is 0.0681. The minimum absolute atomic E-state index is 0.0170. The van der Waals surface area contributed by atoms with Gasteiger partial charge >= 0.3 is 0 Å². The van der Waals surface area contributed by atoms with Crippen molar-refractivity contribution in [1.82, 2.24) is 15.2 Å². The van der Waals surface area contributed by atoms with Gasteiger partial charge in [0, 0.05) is 29.7 Å². The van der Waals surface area contributed by atoms with Gasteiger partial charge in [-0.1, -0.05) is 18.2 Å². The topological polar surface area (TPSA) is 49.5 Å². The van der Waals surface area contributed by atoms with Gasteiger partial charge in [-0.3, -0.25) is 9.29 Å². The molecule has 0 saturated heterocycles. The highest BCUT2D eigenvalue weighted by atomic mass is 19.3. The van der Waals surface area contributed by atoms with Gasteiger partial charge in [0.2, 0.25) is 0 Å². The van der Waals surface area contributed by atoms with Gasteiger partial charge in [0.05, 0.1) is 31.9 Å². The summed E-state index contributed by atoms with van der Waals surface area (Å²) in [6.45, 7) is 0.564. The quantitative estimate of drug-likeness (QED) is 0.305. The van der Waals surface area contributed by atoms with E-state index in [2.05, 4.69) is 10.3 Å². The predicted molar refractivity (Wildman–Crippen MR) is 123 cm³/mol. The number of aromatic amines is 1. The summed E-state index contributed by atoms with van der Waals surface area (Å²) in [7, 11) is 1.43. The average molecular weight is 480 g/mol. The average Bonchev–Trinajstić information content (AvgIpc) is 3.20. The van der Waals surface area contributed by atoms with Crippen LogP contribution < -0.4 is 14.8 Å². The van der Waals surface area contributed by atoms with E-state index in [9.17, 15) is 13.2 Å². The molecule has 1 atom stereocenters. The largest absolute Gasteiger partial charge is 0.496 e. The molecule has 1 aliphatic heterocycles. The van der Waals surface area contributed by atoms with Crippen LogP contribution in [0.2, 0.25) is 0 Å². The zero-order valence-corrected chi connectivity index (χ0v) is 19.1. The van der Waals surface area contributed by atoms with Crippen LogP contribution in [0, 0.1) is 5.82 Å². The molecule has 0 saturated carbocycles. The molecule has 34 heavy (non-hydrogen) atoms. The van der Waals surface area contributed by atoms with E-state index >= 15 is 4.39 Å². The molecule has 0 radical (unpaired) electrons. The molecule has 1 aromatic heterocycles. The van der Waals surface area contributed by atoms with Crippen LogP contribution in [0.25, 0.3) is 10.9 Å². The van der Waals surface area contributed by atoms with Crippen LogP contribution in [-0.2, 0) is 6.42 Å². The molecule has 0 aliphatic carbocycles. The molecule has 0 spiro atoms. The fraction of sp³-hybridized carbons (Fsp3) is 0.440. The number of halogens is 4. The first-order chi connectivity index (χ1) is 16.5. The number of nitrogens with one attached hydrogen (secondary N) is 2. The van der Waals surface area contributed by atoms with Gasteiger partial charge in [0.15, 0.2) is 11.6 Å². The number of aromatic nitrogens is 1. The van der Waals surface area contributed by atoms with E-state index in [-0.39, 0.29) is 23.7 Å². The molecule has 1 aliphatic rings. The van der Waals surface area contributed by atoms with Gasteiger partial charge in [0.25, 0.3) is 6.43 Å². The van der Waals surface area contributed by atoms with Gasteiger partial charge in [-0.05, 0) is 43.1 Å². The van der Waals surface area contributed by atoms with E-state index in [1.807, 2.05) is 24.3 Å². The number of para-hydroxylation sites is 1. The summed E-state index contributed by atoms with van der Waals surface area (Å²) in [6.07, 6.45) is -1.60. The fourth-order valence-electron chi connectivity index (χ4n) is 4.64. The first kappa shape index (κ1) is 24.3. The smallest absolute Gasteiger partial charge is 0.251 e. The molecule has 2 heterocycles. The lowest BCUT2D eigenvalue weighted by Crippen LogP contribution is -2.39. The summed E-state index contributed by atoms with van der Waals surface area (Å²) in [4.78, 5) is 4.94. The minimum Gasteiger partial charge on any atom is -0.496 e. The van der Waals surface area contributed by atoms with E-state index in [1.54, 1.807) is 11.0 Å². The van der Waals surface area contributed by atoms with Gasteiger partial charge in [-0.2, -0.15) is 0 Å². The Kier molecular flexibility index (Phi) is 7.95. The maximum absolute atomic E-state index is 15.9. The first-order valence-corrected chi connectivity index (χ1v) is 11.4. The number of fused-ring (bicyclic) bond motifs is 3. The monoisotopic (exact) mass is 479 g/mol. The molecular formula is C25H29F4N3O2. The summed E-state index contributed by atoms with van der Waals surface area (Å²) in [6, 6.07) is 10.0. The van der Waals surface area contributed by atoms with Crippen molar-refractivity contribution in [3.63, 3.8) is 0 Å². The zero-order valence-electron chi connectivity index (χ0n) is 19.1. The highest BCUT2D eigenvalue weighted by Crippen LogP contribution is 2.44. The zero-order chi connectivity index (χ0) is 24.1. The molecule has 0 fully saturated rings. The van der Waals surface area contributed by atoms with Crippen LogP contribution in [0.5, 0.6) is 11.5 Å². The number of methoxy groups -OCH3 is 1. The molecule has 2 aromatic carbocycles. The predicted octanol–water partition coefficient (Wildman–Crippen LogP) is 4.86. The molecule has 184 valence electrons. The number of ether oxygens (including phenoxy) is 2. The van der Waals surface area contributed by atoms with Crippen molar-refractivity contribution in [1.29, 1.82) is 0 Å². The SMILES string of the molecule is COc1ccc(OCCNCCCF)c(F)c1[C@@H]1c2[nH]c3ccccc3c2CCN1CC(F)F. The van der Waals surface area contributed by atoms with Crippen molar-refractivity contribution in [2.24, 2.45) is 0 Å². The highest BCUT2D eigenvalue weighted by molar-refractivity contribution is 5.85. The Labute approximate surface area is 196 Å². The van der Waals surface area contributed by atoms with Crippen molar-refractivity contribution in [2.45, 2.75) is 25.3 Å². The van der Waals surface area contributed by atoms with E-state index < -0.39 is 31.5 Å². The second-order valence-electron chi connectivity index (χ2n) is 8.24. The van der Waals surface area contributed by atoms with Crippen LogP contribution >= 0.6 is 0 Å². The van der Waals surface area contributed by atoms with Crippen LogP contribution in [0.15, 0.2) is 36.4 Å². The summed E-state index contributed by atoms with van der Waals surface area (Å²) >= 11 is 0. The summed E-state index contributed by atoms with van der Waals surface area (Å²) in [5, 5.41) is 4.03. The number of benzene rings is 2. The summed E-state index contributed by atoms with van der Waals surface area (Å²) in [5.41, 5.74) is 2.73. The van der Waals surface area contributed by atoms with E-state index in [1.165, 1.54) is 13.2 Å². The third-order valence-electron chi connectivity index (χ3n) is 6.13. The number of H-pyrrole nitrogens is 1. The molecule has 0 bridgehead atoms. The lowest BCUT2D eigenvalue weighted by atomic mass is 9.91. The number of rotatable bonds is 11. The molecule has 2 N–H and O–H groups in total. The number of alkyl halides is 3. The number of nitrogens with zero attached hydrogens (tertiary/aromatic N) is 1. The van der Waals surface area contributed by atoms with Crippen LogP contribution in [-0.4, -0.2) is 62.9 Å². The van der Waals surface area contributed by atoms with E-state index in [0.29, 0.717) is 38.2 Å². The Bertz CT molecular complexity index is 1110. The summed E-state index contributed by atoms with van der Waals surface area (Å²) in [5.74, 6) is -0.358. The van der Waals surface area contributed by atoms with Crippen molar-refractivity contribution in [2.75, 3.05) is 46.6 Å². The van der Waals surface area contributed by atoms with Gasteiger partial charge in [-0.25, -0.2) is 13.2 Å². The molecule has 0 amide bonds. The molecule has 0 unspecified atom stereocenters. The van der Waals surface area contributed by atoms with Gasteiger partial charge in [-0.15, -0.1) is 0 Å². The van der Waals surface area contributed by atoms with Crippen LogP contribution in [0.3, 0.4) is 0 Å². The Morgan fingerprint density at radius 2 is 1.94 bits per heavy atom. The van der Waals surface area contributed by atoms with Crippen molar-refractivity contribution >= 4 is 10.9 Å². The number of hydrogen-bond acceptors (Lipinski definition) is 4. The van der Waals surface area contributed by atoms with Gasteiger partial charge < -0.3 is 19.8 Å². The molecule has 3 aromatic rings. The number of hydrogen-bond donors (Lipinski definition) is 2. The third-order valence-corrected chi connectivity index (χ3v) is 6.13. The Hall–Kier alpha value is -2.78. The fourth-order valence-corrected chi connectivity index (χ4v) is 4.64. The van der Waals surface area contributed by atoms with Gasteiger partial charge in [0.1, 0.15) is 12.4 Å². The van der Waals surface area contributed by atoms with E-state index in [0.717, 1.165) is 16.5 Å². The lowest BCUT2D eigenvalue weighted by Gasteiger charge is -2.36. The Morgan fingerprint density at radius 3 is 2.71 bits per heavy atom. The minimum atomic E-state index is -2.57. The van der Waals surface area contributed by atoms with E-state index in [4.69, 9.17) is 9.47 Å². The second kappa shape index (κ2) is 11.1. The Morgan fingerprint density at radius 1 is 1.15 bits per heavy atom.